The number of aromatic nitrogens is 1. The lowest BCUT2D eigenvalue weighted by atomic mass is 9.79. The smallest absolute Gasteiger partial charge is 0.0531 e. The highest BCUT2D eigenvalue weighted by molar-refractivity contribution is 5.43. The minimum atomic E-state index is 0.647. The maximum atomic E-state index is 4.23. The number of nitrogens with zero attached hydrogens (tertiary/aromatic N) is 1. The molecule has 1 saturated carbocycles. The monoisotopic (exact) mass is 232 g/mol. The minimum absolute atomic E-state index is 0.647. The zero-order chi connectivity index (χ0) is 12.3. The summed E-state index contributed by atoms with van der Waals surface area (Å²) in [5.41, 5.74) is 2.41. The lowest BCUT2D eigenvalue weighted by Gasteiger charge is -2.31. The fourth-order valence-electron chi connectivity index (χ4n) is 2.80. The van der Waals surface area contributed by atoms with Crippen molar-refractivity contribution in [2.24, 2.45) is 11.8 Å². The van der Waals surface area contributed by atoms with Gasteiger partial charge in [0, 0.05) is 18.4 Å². The molecule has 0 saturated heterocycles. The second-order valence-corrected chi connectivity index (χ2v) is 5.75. The van der Waals surface area contributed by atoms with Crippen molar-refractivity contribution >= 4 is 5.69 Å². The molecule has 1 aromatic rings. The molecule has 2 rings (SSSR count). The van der Waals surface area contributed by atoms with Crippen molar-refractivity contribution in [3.63, 3.8) is 0 Å². The van der Waals surface area contributed by atoms with Gasteiger partial charge in [0.25, 0.3) is 0 Å². The van der Waals surface area contributed by atoms with Crippen molar-refractivity contribution < 1.29 is 0 Å². The van der Waals surface area contributed by atoms with Crippen molar-refractivity contribution in [1.29, 1.82) is 0 Å². The third-order valence-corrected chi connectivity index (χ3v) is 3.96. The van der Waals surface area contributed by atoms with Crippen LogP contribution in [0.25, 0.3) is 0 Å². The lowest BCUT2D eigenvalue weighted by molar-refractivity contribution is 0.267. The summed E-state index contributed by atoms with van der Waals surface area (Å²) in [7, 11) is 0. The quantitative estimate of drug-likeness (QED) is 0.851. The van der Waals surface area contributed by atoms with Crippen LogP contribution in [0.3, 0.4) is 0 Å². The van der Waals surface area contributed by atoms with Crippen LogP contribution in [0.4, 0.5) is 5.69 Å². The van der Waals surface area contributed by atoms with E-state index in [9.17, 15) is 0 Å². The number of hydrogen-bond donors (Lipinski definition) is 1. The molecule has 17 heavy (non-hydrogen) atoms. The van der Waals surface area contributed by atoms with Crippen LogP contribution in [0.15, 0.2) is 18.5 Å². The van der Waals surface area contributed by atoms with E-state index in [0.717, 1.165) is 11.8 Å². The molecule has 0 aromatic carbocycles. The molecule has 0 unspecified atom stereocenters. The summed E-state index contributed by atoms with van der Waals surface area (Å²) < 4.78 is 0. The third-order valence-electron chi connectivity index (χ3n) is 3.96. The van der Waals surface area contributed by atoms with Crippen molar-refractivity contribution in [2.75, 3.05) is 5.32 Å². The molecule has 94 valence electrons. The molecule has 0 bridgehead atoms. The molecule has 1 heterocycles. The molecule has 0 amide bonds. The molecule has 1 aliphatic carbocycles. The van der Waals surface area contributed by atoms with E-state index in [0.29, 0.717) is 6.04 Å². The molecule has 1 fully saturated rings. The van der Waals surface area contributed by atoms with Crippen molar-refractivity contribution in [3.8, 4) is 0 Å². The van der Waals surface area contributed by atoms with Crippen LogP contribution >= 0.6 is 0 Å². The maximum absolute atomic E-state index is 4.23. The maximum Gasteiger partial charge on any atom is 0.0531 e. The molecule has 0 atom stereocenters. The Kier molecular flexibility index (Phi) is 4.03. The predicted octanol–water partition coefficient (Wildman–Crippen LogP) is 4.02. The van der Waals surface area contributed by atoms with E-state index in [2.05, 4.69) is 37.1 Å². The van der Waals surface area contributed by atoms with Gasteiger partial charge in [-0.3, -0.25) is 4.98 Å². The van der Waals surface area contributed by atoms with Crippen LogP contribution in [0.1, 0.15) is 45.1 Å². The van der Waals surface area contributed by atoms with Gasteiger partial charge >= 0.3 is 0 Å². The Morgan fingerprint density at radius 2 is 1.88 bits per heavy atom. The van der Waals surface area contributed by atoms with Gasteiger partial charge in [0.05, 0.1) is 5.69 Å². The van der Waals surface area contributed by atoms with E-state index in [1.54, 1.807) is 0 Å². The summed E-state index contributed by atoms with van der Waals surface area (Å²) >= 11 is 0. The first kappa shape index (κ1) is 12.4. The van der Waals surface area contributed by atoms with E-state index < -0.39 is 0 Å². The van der Waals surface area contributed by atoms with Gasteiger partial charge in [-0.2, -0.15) is 0 Å². The van der Waals surface area contributed by atoms with Gasteiger partial charge in [-0.15, -0.1) is 0 Å². The largest absolute Gasteiger partial charge is 0.381 e. The van der Waals surface area contributed by atoms with Crippen molar-refractivity contribution in [1.82, 2.24) is 4.98 Å². The number of anilines is 1. The Labute approximate surface area is 105 Å². The molecule has 1 aliphatic rings. The topological polar surface area (TPSA) is 24.9 Å². The second-order valence-electron chi connectivity index (χ2n) is 5.75. The minimum Gasteiger partial charge on any atom is -0.381 e. The van der Waals surface area contributed by atoms with E-state index >= 15 is 0 Å². The highest BCUT2D eigenvalue weighted by Crippen LogP contribution is 2.31. The summed E-state index contributed by atoms with van der Waals surface area (Å²) in [6.07, 6.45) is 9.18. The summed E-state index contributed by atoms with van der Waals surface area (Å²) in [6, 6.07) is 2.83. The highest BCUT2D eigenvalue weighted by atomic mass is 14.9. The Balaban J connectivity index is 1.86. The number of aryl methyl sites for hydroxylation is 1. The molecule has 2 nitrogen and oxygen atoms in total. The molecule has 0 radical (unpaired) electrons. The zero-order valence-corrected chi connectivity index (χ0v) is 11.2. The molecule has 2 heteroatoms. The fraction of sp³-hybridized carbons (Fsp3) is 0.667. The van der Waals surface area contributed by atoms with Crippen LogP contribution in [0.2, 0.25) is 0 Å². The Hall–Kier alpha value is -1.05. The van der Waals surface area contributed by atoms with E-state index in [1.165, 1.54) is 36.9 Å². The van der Waals surface area contributed by atoms with Gasteiger partial charge in [-0.05, 0) is 56.1 Å². The normalized spacial score (nSPS) is 24.9. The average Bonchev–Trinajstić information content (AvgIpc) is 2.29. The van der Waals surface area contributed by atoms with Gasteiger partial charge in [-0.25, -0.2) is 0 Å². The molecular formula is C15H24N2. The molecule has 1 aromatic heterocycles. The molecule has 0 spiro atoms. The second kappa shape index (κ2) is 5.52. The van der Waals surface area contributed by atoms with Gasteiger partial charge < -0.3 is 5.32 Å². The van der Waals surface area contributed by atoms with Crippen molar-refractivity contribution in [2.45, 2.75) is 52.5 Å². The van der Waals surface area contributed by atoms with Crippen molar-refractivity contribution in [3.05, 3.63) is 24.0 Å². The number of nitrogens with one attached hydrogen (secondary N) is 1. The Bertz CT molecular complexity index is 352. The first-order valence-corrected chi connectivity index (χ1v) is 6.83. The molecule has 0 aliphatic heterocycles. The van der Waals surface area contributed by atoms with Gasteiger partial charge in [0.15, 0.2) is 0 Å². The number of hydrogen-bond acceptors (Lipinski definition) is 2. The van der Waals surface area contributed by atoms with Gasteiger partial charge in [0.1, 0.15) is 0 Å². The number of rotatable bonds is 3. The molecular weight excluding hydrogens is 208 g/mol. The van der Waals surface area contributed by atoms with E-state index in [1.807, 2.05) is 12.4 Å². The average molecular weight is 232 g/mol. The fourth-order valence-corrected chi connectivity index (χ4v) is 2.80. The lowest BCUT2D eigenvalue weighted by Crippen LogP contribution is -2.27. The third kappa shape index (κ3) is 3.45. The summed E-state index contributed by atoms with van der Waals surface area (Å²) in [5, 5.41) is 3.62. The first-order valence-electron chi connectivity index (χ1n) is 6.83. The van der Waals surface area contributed by atoms with Crippen LogP contribution < -0.4 is 5.32 Å². The summed E-state index contributed by atoms with van der Waals surface area (Å²) in [6.45, 7) is 6.79. The van der Waals surface area contributed by atoms with E-state index in [4.69, 9.17) is 0 Å². The van der Waals surface area contributed by atoms with Gasteiger partial charge in [-0.1, -0.05) is 13.8 Å². The van der Waals surface area contributed by atoms with Crippen LogP contribution in [0.5, 0.6) is 0 Å². The SMILES string of the molecule is Cc1cncc(NC2CCC(C(C)C)CC2)c1. The summed E-state index contributed by atoms with van der Waals surface area (Å²) in [4.78, 5) is 4.23. The Morgan fingerprint density at radius 1 is 1.18 bits per heavy atom. The van der Waals surface area contributed by atoms with Crippen LogP contribution in [-0.2, 0) is 0 Å². The first-order chi connectivity index (χ1) is 8.15. The molecule has 1 N–H and O–H groups in total. The number of pyridine rings is 1. The highest BCUT2D eigenvalue weighted by Gasteiger charge is 2.22. The van der Waals surface area contributed by atoms with Crippen LogP contribution in [0, 0.1) is 18.8 Å². The van der Waals surface area contributed by atoms with Gasteiger partial charge in [0.2, 0.25) is 0 Å². The van der Waals surface area contributed by atoms with Crippen LogP contribution in [-0.4, -0.2) is 11.0 Å². The predicted molar refractivity (Wildman–Crippen MR) is 73.2 cm³/mol. The zero-order valence-electron chi connectivity index (χ0n) is 11.2. The Morgan fingerprint density at radius 3 is 2.47 bits per heavy atom. The standard InChI is InChI=1S/C15H24N2/c1-11(2)13-4-6-14(7-5-13)17-15-8-12(3)9-16-10-15/h8-11,13-14,17H,4-7H2,1-3H3. The summed E-state index contributed by atoms with van der Waals surface area (Å²) in [5.74, 6) is 1.78. The van der Waals surface area contributed by atoms with E-state index in [-0.39, 0.29) is 0 Å².